The summed E-state index contributed by atoms with van der Waals surface area (Å²) < 4.78 is 10.2. The number of hydrogen-bond acceptors (Lipinski definition) is 6. The maximum atomic E-state index is 11.6. The molecule has 21 heavy (non-hydrogen) atoms. The molecule has 0 aliphatic heterocycles. The molecular formula is C14H15N3O3S. The smallest absolute Gasteiger partial charge is 0.360 e. The number of ether oxygens (including phenoxy) is 1. The molecule has 0 fully saturated rings. The summed E-state index contributed by atoms with van der Waals surface area (Å²) in [6.07, 6.45) is 1.26. The number of benzene rings is 1. The van der Waals surface area contributed by atoms with Crippen LogP contribution in [-0.4, -0.2) is 29.6 Å². The fourth-order valence-corrected chi connectivity index (χ4v) is 1.97. The summed E-state index contributed by atoms with van der Waals surface area (Å²) >= 11 is 5.03. The van der Waals surface area contributed by atoms with Gasteiger partial charge in [0.15, 0.2) is 5.69 Å². The molecular weight excluding hydrogens is 290 g/mol. The first-order chi connectivity index (χ1) is 10.0. The van der Waals surface area contributed by atoms with E-state index in [1.807, 2.05) is 24.3 Å². The summed E-state index contributed by atoms with van der Waals surface area (Å²) in [6, 6.07) is 7.59. The van der Waals surface area contributed by atoms with Crippen molar-refractivity contribution in [3.63, 3.8) is 0 Å². The summed E-state index contributed by atoms with van der Waals surface area (Å²) in [4.78, 5) is 17.6. The molecule has 0 atom stereocenters. The molecule has 0 aliphatic rings. The number of hydrogen-bond donors (Lipinski definition) is 1. The van der Waals surface area contributed by atoms with Crippen molar-refractivity contribution >= 4 is 34.9 Å². The van der Waals surface area contributed by atoms with E-state index in [4.69, 9.17) is 27.1 Å². The predicted molar refractivity (Wildman–Crippen MR) is 82.9 cm³/mol. The van der Waals surface area contributed by atoms with Gasteiger partial charge < -0.3 is 14.9 Å². The van der Waals surface area contributed by atoms with E-state index in [2.05, 4.69) is 4.98 Å². The van der Waals surface area contributed by atoms with Gasteiger partial charge in [-0.05, 0) is 19.1 Å². The van der Waals surface area contributed by atoms with Crippen LogP contribution < -0.4 is 10.6 Å². The fraction of sp³-hybridized carbons (Fsp3) is 0.214. The van der Waals surface area contributed by atoms with Gasteiger partial charge in [-0.1, -0.05) is 24.4 Å². The van der Waals surface area contributed by atoms with Gasteiger partial charge in [0.2, 0.25) is 0 Å². The van der Waals surface area contributed by atoms with E-state index in [-0.39, 0.29) is 23.3 Å². The lowest BCUT2D eigenvalue weighted by Crippen LogP contribution is -2.18. The van der Waals surface area contributed by atoms with Crippen LogP contribution in [-0.2, 0) is 4.74 Å². The molecule has 7 heteroatoms. The second kappa shape index (κ2) is 6.36. The number of para-hydroxylation sites is 1. The van der Waals surface area contributed by atoms with Crippen LogP contribution in [0.1, 0.15) is 23.0 Å². The minimum absolute atomic E-state index is 0.117. The van der Waals surface area contributed by atoms with Gasteiger partial charge in [0.25, 0.3) is 0 Å². The van der Waals surface area contributed by atoms with E-state index >= 15 is 0 Å². The number of esters is 1. The van der Waals surface area contributed by atoms with Crippen molar-refractivity contribution in [1.82, 2.24) is 4.98 Å². The van der Waals surface area contributed by atoms with Crippen LogP contribution in [0, 0.1) is 0 Å². The highest BCUT2D eigenvalue weighted by atomic mass is 32.1. The average molecular weight is 305 g/mol. The number of anilines is 2. The van der Waals surface area contributed by atoms with Crippen LogP contribution in [0.4, 0.5) is 11.7 Å². The molecule has 0 aliphatic carbocycles. The van der Waals surface area contributed by atoms with Gasteiger partial charge in [-0.15, -0.1) is 0 Å². The van der Waals surface area contributed by atoms with Crippen molar-refractivity contribution in [3.8, 4) is 0 Å². The highest BCUT2D eigenvalue weighted by molar-refractivity contribution is 7.80. The Morgan fingerprint density at radius 1 is 1.48 bits per heavy atom. The summed E-state index contributed by atoms with van der Waals surface area (Å²) in [5.41, 5.74) is 7.26. The first-order valence-corrected chi connectivity index (χ1v) is 6.70. The Hall–Kier alpha value is -2.41. The minimum atomic E-state index is -0.525. The van der Waals surface area contributed by atoms with E-state index in [9.17, 15) is 4.79 Å². The molecule has 2 N–H and O–H groups in total. The number of oxazole rings is 1. The van der Waals surface area contributed by atoms with Crippen molar-refractivity contribution in [2.24, 2.45) is 5.73 Å². The van der Waals surface area contributed by atoms with Gasteiger partial charge >= 0.3 is 12.0 Å². The van der Waals surface area contributed by atoms with Crippen LogP contribution in [0.5, 0.6) is 0 Å². The lowest BCUT2D eigenvalue weighted by Gasteiger charge is -2.17. The van der Waals surface area contributed by atoms with Crippen molar-refractivity contribution in [2.75, 3.05) is 18.6 Å². The average Bonchev–Trinajstić information content (AvgIpc) is 2.96. The zero-order valence-corrected chi connectivity index (χ0v) is 12.5. The number of carbonyl (C=O) groups is 1. The molecule has 1 heterocycles. The first kappa shape index (κ1) is 15.0. The number of nitrogens with two attached hydrogens (primary N) is 1. The third kappa shape index (κ3) is 3.19. The van der Waals surface area contributed by atoms with E-state index in [0.717, 1.165) is 5.69 Å². The molecule has 0 spiro atoms. The standard InChI is InChI=1S/C14H15N3O3S/c1-3-19-13(18)10-8-20-14(16-10)17(2)11-7-5-4-6-9(11)12(15)21/h4-8H,3H2,1-2H3,(H2,15,21). The molecule has 0 saturated carbocycles. The second-order valence-electron chi connectivity index (χ2n) is 4.18. The van der Waals surface area contributed by atoms with Gasteiger partial charge in [0, 0.05) is 12.6 Å². The van der Waals surface area contributed by atoms with Gasteiger partial charge in [-0.3, -0.25) is 4.90 Å². The molecule has 0 amide bonds. The summed E-state index contributed by atoms with van der Waals surface area (Å²) in [7, 11) is 1.75. The molecule has 0 bridgehead atoms. The Bertz CT molecular complexity index is 669. The van der Waals surface area contributed by atoms with Crippen molar-refractivity contribution in [1.29, 1.82) is 0 Å². The number of thiocarbonyl (C=S) groups is 1. The molecule has 0 radical (unpaired) electrons. The molecule has 6 nitrogen and oxygen atoms in total. The van der Waals surface area contributed by atoms with Crippen LogP contribution in [0.15, 0.2) is 34.9 Å². The molecule has 0 unspecified atom stereocenters. The summed E-state index contributed by atoms with van der Waals surface area (Å²) in [5, 5.41) is 0. The first-order valence-electron chi connectivity index (χ1n) is 6.29. The second-order valence-corrected chi connectivity index (χ2v) is 4.62. The Morgan fingerprint density at radius 2 is 2.19 bits per heavy atom. The third-order valence-corrected chi connectivity index (χ3v) is 3.01. The Kier molecular flexibility index (Phi) is 4.54. The van der Waals surface area contributed by atoms with Crippen LogP contribution >= 0.6 is 12.2 Å². The lowest BCUT2D eigenvalue weighted by molar-refractivity contribution is 0.0519. The molecule has 0 saturated heterocycles. The molecule has 1 aromatic carbocycles. The van der Waals surface area contributed by atoms with Crippen molar-refractivity contribution in [2.45, 2.75) is 6.92 Å². The van der Waals surface area contributed by atoms with E-state index in [1.165, 1.54) is 6.26 Å². The summed E-state index contributed by atoms with van der Waals surface area (Å²) in [5.74, 6) is -0.525. The predicted octanol–water partition coefficient (Wildman–Crippen LogP) is 2.25. The zero-order chi connectivity index (χ0) is 15.4. The van der Waals surface area contributed by atoms with Crippen LogP contribution in [0.25, 0.3) is 0 Å². The Balaban J connectivity index is 2.31. The van der Waals surface area contributed by atoms with Gasteiger partial charge in [0.05, 0.1) is 12.3 Å². The minimum Gasteiger partial charge on any atom is -0.461 e. The van der Waals surface area contributed by atoms with Crippen LogP contribution in [0.3, 0.4) is 0 Å². The molecule has 1 aromatic heterocycles. The SMILES string of the molecule is CCOC(=O)c1coc(N(C)c2ccccc2C(N)=S)n1. The lowest BCUT2D eigenvalue weighted by atomic mass is 10.1. The number of aromatic nitrogens is 1. The van der Waals surface area contributed by atoms with Crippen LogP contribution in [0.2, 0.25) is 0 Å². The van der Waals surface area contributed by atoms with E-state index < -0.39 is 5.97 Å². The quantitative estimate of drug-likeness (QED) is 0.670. The monoisotopic (exact) mass is 305 g/mol. The van der Waals surface area contributed by atoms with Gasteiger partial charge in [0.1, 0.15) is 11.3 Å². The van der Waals surface area contributed by atoms with E-state index in [0.29, 0.717) is 5.56 Å². The maximum absolute atomic E-state index is 11.6. The number of carbonyl (C=O) groups excluding carboxylic acids is 1. The number of rotatable bonds is 5. The largest absolute Gasteiger partial charge is 0.461 e. The van der Waals surface area contributed by atoms with Gasteiger partial charge in [-0.25, -0.2) is 4.79 Å². The van der Waals surface area contributed by atoms with Crippen molar-refractivity contribution < 1.29 is 13.9 Å². The normalized spacial score (nSPS) is 10.2. The maximum Gasteiger partial charge on any atom is 0.360 e. The highest BCUT2D eigenvalue weighted by Crippen LogP contribution is 2.26. The third-order valence-electron chi connectivity index (χ3n) is 2.79. The van der Waals surface area contributed by atoms with Crippen molar-refractivity contribution in [3.05, 3.63) is 41.8 Å². The van der Waals surface area contributed by atoms with E-state index in [1.54, 1.807) is 18.9 Å². The molecule has 2 rings (SSSR count). The highest BCUT2D eigenvalue weighted by Gasteiger charge is 2.18. The Labute approximate surface area is 127 Å². The zero-order valence-electron chi connectivity index (χ0n) is 11.7. The fourth-order valence-electron chi connectivity index (χ4n) is 1.79. The summed E-state index contributed by atoms with van der Waals surface area (Å²) in [6.45, 7) is 2.00. The Morgan fingerprint density at radius 3 is 2.86 bits per heavy atom. The molecule has 2 aromatic rings. The number of nitrogens with zero attached hydrogens (tertiary/aromatic N) is 2. The van der Waals surface area contributed by atoms with Gasteiger partial charge in [-0.2, -0.15) is 4.98 Å². The molecule has 110 valence electrons. The topological polar surface area (TPSA) is 81.6 Å².